The second-order valence-corrected chi connectivity index (χ2v) is 12.1. The Morgan fingerprint density at radius 2 is 1.82 bits per heavy atom. The number of rotatable bonds is 4. The average molecular weight is 499 g/mol. The van der Waals surface area contributed by atoms with E-state index in [1.54, 1.807) is 19.9 Å². The number of ether oxygens (including phenoxy) is 2. The highest BCUT2D eigenvalue weighted by atomic mass is 35.5. The van der Waals surface area contributed by atoms with Gasteiger partial charge in [0.05, 0.1) is 6.10 Å². The van der Waals surface area contributed by atoms with Crippen molar-refractivity contribution < 1.29 is 28.7 Å². The number of halogens is 2. The predicted molar refractivity (Wildman–Crippen MR) is 123 cm³/mol. The standard InChI is InChI=1S/C25H32Cl2O6/c1-12(2)32-22(30)15-10-24(3)13(9-17(15)28)5-6-14-16-7-8-19(33-23(31)21(26)27)25(16,4)11-18(29)20(14)24/h9,12,14-16,19-21H,5-8,10-11H2,1-4H3/t14-,15?,16-,19?,20-,24-,25-/m0/s1. The van der Waals surface area contributed by atoms with Crippen LogP contribution in [0.3, 0.4) is 0 Å². The number of hydrogen-bond donors (Lipinski definition) is 0. The maximum Gasteiger partial charge on any atom is 0.339 e. The molecule has 3 saturated carbocycles. The van der Waals surface area contributed by atoms with Crippen molar-refractivity contribution in [3.8, 4) is 0 Å². The zero-order valence-electron chi connectivity index (χ0n) is 19.6. The van der Waals surface area contributed by atoms with Crippen LogP contribution in [0.15, 0.2) is 11.6 Å². The normalized spacial score (nSPS) is 40.1. The minimum Gasteiger partial charge on any atom is -0.462 e. The summed E-state index contributed by atoms with van der Waals surface area (Å²) in [5, 5.41) is 0. The molecule has 33 heavy (non-hydrogen) atoms. The van der Waals surface area contributed by atoms with E-state index in [4.69, 9.17) is 32.7 Å². The van der Waals surface area contributed by atoms with Crippen molar-refractivity contribution in [1.82, 2.24) is 0 Å². The molecule has 182 valence electrons. The summed E-state index contributed by atoms with van der Waals surface area (Å²) in [6, 6.07) is 0. The number of ketones is 2. The Hall–Kier alpha value is -1.40. The van der Waals surface area contributed by atoms with E-state index in [1.165, 1.54) is 0 Å². The van der Waals surface area contributed by atoms with Gasteiger partial charge in [0, 0.05) is 23.2 Å². The summed E-state index contributed by atoms with van der Waals surface area (Å²) in [5.74, 6) is -2.09. The number of alkyl halides is 2. The first kappa shape index (κ1) is 24.7. The zero-order chi connectivity index (χ0) is 24.3. The maximum atomic E-state index is 13.7. The Balaban J connectivity index is 1.63. The van der Waals surface area contributed by atoms with Crippen molar-refractivity contribution in [2.75, 3.05) is 0 Å². The van der Waals surface area contributed by atoms with Gasteiger partial charge in [0.2, 0.25) is 4.84 Å². The van der Waals surface area contributed by atoms with Crippen LogP contribution in [0.1, 0.15) is 66.2 Å². The smallest absolute Gasteiger partial charge is 0.339 e. The minimum atomic E-state index is -1.25. The summed E-state index contributed by atoms with van der Waals surface area (Å²) >= 11 is 11.4. The molecule has 7 atom stereocenters. The third-order valence-electron chi connectivity index (χ3n) is 8.70. The highest BCUT2D eigenvalue weighted by molar-refractivity contribution is 6.52. The Morgan fingerprint density at radius 1 is 1.12 bits per heavy atom. The first-order valence-electron chi connectivity index (χ1n) is 11.8. The van der Waals surface area contributed by atoms with E-state index < -0.39 is 39.6 Å². The van der Waals surface area contributed by atoms with Gasteiger partial charge in [-0.3, -0.25) is 14.4 Å². The monoisotopic (exact) mass is 498 g/mol. The average Bonchev–Trinajstić information content (AvgIpc) is 3.02. The molecular weight excluding hydrogens is 467 g/mol. The Labute approximate surface area is 204 Å². The van der Waals surface area contributed by atoms with Crippen LogP contribution in [-0.4, -0.2) is 40.5 Å². The van der Waals surface area contributed by atoms with Crippen LogP contribution in [0.5, 0.6) is 0 Å². The van der Waals surface area contributed by atoms with E-state index in [9.17, 15) is 19.2 Å². The summed E-state index contributed by atoms with van der Waals surface area (Å²) in [6.07, 6.45) is 4.56. The van der Waals surface area contributed by atoms with E-state index in [1.807, 2.05) is 13.8 Å². The van der Waals surface area contributed by atoms with Crippen LogP contribution < -0.4 is 0 Å². The molecular formula is C25H32Cl2O6. The summed E-state index contributed by atoms with van der Waals surface area (Å²) in [5.41, 5.74) is -0.0381. The van der Waals surface area contributed by atoms with Crippen LogP contribution >= 0.6 is 23.2 Å². The molecule has 0 aromatic rings. The number of fused-ring (bicyclic) bond motifs is 5. The molecule has 0 aromatic carbocycles. The quantitative estimate of drug-likeness (QED) is 0.320. The molecule has 8 heteroatoms. The molecule has 6 nitrogen and oxygen atoms in total. The second kappa shape index (κ2) is 8.67. The summed E-state index contributed by atoms with van der Waals surface area (Å²) in [6.45, 7) is 7.60. The summed E-state index contributed by atoms with van der Waals surface area (Å²) in [4.78, 5) is 50.0. The lowest BCUT2D eigenvalue weighted by Gasteiger charge is -2.57. The van der Waals surface area contributed by atoms with Gasteiger partial charge in [-0.1, -0.05) is 42.6 Å². The highest BCUT2D eigenvalue weighted by Crippen LogP contribution is 2.65. The van der Waals surface area contributed by atoms with E-state index >= 15 is 0 Å². The van der Waals surface area contributed by atoms with Gasteiger partial charge < -0.3 is 9.47 Å². The van der Waals surface area contributed by atoms with Crippen molar-refractivity contribution >= 4 is 46.7 Å². The van der Waals surface area contributed by atoms with Crippen LogP contribution in [0.4, 0.5) is 0 Å². The SMILES string of the molecule is CC(C)OC(=O)C1C[C@@]2(C)C(=CC1=O)CC[C@@H]1[C@H]2C(=O)C[C@]2(C)C(OC(=O)C(Cl)Cl)CC[C@@H]12. The number of allylic oxidation sites excluding steroid dienone is 1. The molecule has 0 N–H and O–H groups in total. The van der Waals surface area contributed by atoms with Gasteiger partial charge in [-0.15, -0.1) is 0 Å². The number of hydrogen-bond acceptors (Lipinski definition) is 6. The van der Waals surface area contributed by atoms with Crippen LogP contribution in [0.2, 0.25) is 0 Å². The van der Waals surface area contributed by atoms with Gasteiger partial charge in [0.25, 0.3) is 0 Å². The number of carbonyl (C=O) groups is 4. The van der Waals surface area contributed by atoms with E-state index in [-0.39, 0.29) is 35.4 Å². The van der Waals surface area contributed by atoms with Crippen molar-refractivity contribution in [2.45, 2.75) is 83.3 Å². The lowest BCUT2D eigenvalue weighted by atomic mass is 9.46. The molecule has 0 heterocycles. The predicted octanol–water partition coefficient (Wildman–Crippen LogP) is 4.59. The molecule has 0 radical (unpaired) electrons. The largest absolute Gasteiger partial charge is 0.462 e. The minimum absolute atomic E-state index is 0.111. The first-order chi connectivity index (χ1) is 15.4. The zero-order valence-corrected chi connectivity index (χ0v) is 21.1. The first-order valence-corrected chi connectivity index (χ1v) is 12.7. The molecule has 0 bridgehead atoms. The fourth-order valence-electron chi connectivity index (χ4n) is 7.33. The fraction of sp³-hybridized carbons (Fsp3) is 0.760. The molecule has 0 amide bonds. The van der Waals surface area contributed by atoms with Crippen LogP contribution in [0, 0.1) is 34.5 Å². The van der Waals surface area contributed by atoms with Gasteiger partial charge in [0.15, 0.2) is 5.78 Å². The van der Waals surface area contributed by atoms with Crippen molar-refractivity contribution in [1.29, 1.82) is 0 Å². The Bertz CT molecular complexity index is 911. The van der Waals surface area contributed by atoms with Gasteiger partial charge in [-0.25, -0.2) is 4.79 Å². The maximum absolute atomic E-state index is 13.7. The van der Waals surface area contributed by atoms with Gasteiger partial charge in [0.1, 0.15) is 17.8 Å². The number of Topliss-reactive ketones (excluding diaryl/α,β-unsaturated/α-hetero) is 1. The number of carbonyl (C=O) groups excluding carboxylic acids is 4. The number of esters is 2. The topological polar surface area (TPSA) is 86.7 Å². The van der Waals surface area contributed by atoms with Crippen LogP contribution in [-0.2, 0) is 28.7 Å². The van der Waals surface area contributed by atoms with Crippen molar-refractivity contribution in [3.63, 3.8) is 0 Å². The third kappa shape index (κ3) is 4.05. The molecule has 3 fully saturated rings. The lowest BCUT2D eigenvalue weighted by molar-refractivity contribution is -0.166. The van der Waals surface area contributed by atoms with Gasteiger partial charge in [-0.05, 0) is 63.9 Å². The van der Waals surface area contributed by atoms with Crippen LogP contribution in [0.25, 0.3) is 0 Å². The molecule has 0 aliphatic heterocycles. The molecule has 4 aliphatic carbocycles. The Kier molecular flexibility index (Phi) is 6.50. The molecule has 0 spiro atoms. The summed E-state index contributed by atoms with van der Waals surface area (Å²) in [7, 11) is 0. The van der Waals surface area contributed by atoms with E-state index in [0.717, 1.165) is 24.8 Å². The van der Waals surface area contributed by atoms with Gasteiger partial charge in [-0.2, -0.15) is 0 Å². The van der Waals surface area contributed by atoms with E-state index in [2.05, 4.69) is 0 Å². The summed E-state index contributed by atoms with van der Waals surface area (Å²) < 4.78 is 11.0. The molecule has 4 aliphatic rings. The highest BCUT2D eigenvalue weighted by Gasteiger charge is 2.64. The fourth-order valence-corrected chi connectivity index (χ4v) is 7.43. The molecule has 0 aromatic heterocycles. The molecule has 4 rings (SSSR count). The van der Waals surface area contributed by atoms with Crippen molar-refractivity contribution in [2.24, 2.45) is 34.5 Å². The lowest BCUT2D eigenvalue weighted by Crippen LogP contribution is -2.57. The second-order valence-electron chi connectivity index (χ2n) is 11.0. The third-order valence-corrected chi connectivity index (χ3v) is 9.05. The van der Waals surface area contributed by atoms with Gasteiger partial charge >= 0.3 is 11.9 Å². The van der Waals surface area contributed by atoms with Crippen molar-refractivity contribution in [3.05, 3.63) is 11.6 Å². The Morgan fingerprint density at radius 3 is 2.45 bits per heavy atom. The molecule has 2 unspecified atom stereocenters. The molecule has 0 saturated heterocycles. The van der Waals surface area contributed by atoms with E-state index in [0.29, 0.717) is 19.3 Å².